The first-order valence-corrected chi connectivity index (χ1v) is 6.88. The Hall–Kier alpha value is -1.35. The molecule has 1 saturated heterocycles. The van der Waals surface area contributed by atoms with E-state index in [-0.39, 0.29) is 11.3 Å². The van der Waals surface area contributed by atoms with Gasteiger partial charge in [0.25, 0.3) is 5.91 Å². The molecule has 3 heteroatoms. The molecular weight excluding hydrogens is 238 g/mol. The fourth-order valence-electron chi connectivity index (χ4n) is 2.59. The van der Waals surface area contributed by atoms with Crippen molar-refractivity contribution in [1.82, 2.24) is 4.90 Å². The summed E-state index contributed by atoms with van der Waals surface area (Å²) in [5.74, 6) is 0.117. The van der Waals surface area contributed by atoms with Crippen LogP contribution in [0.25, 0.3) is 0 Å². The van der Waals surface area contributed by atoms with Gasteiger partial charge in [0.2, 0.25) is 0 Å². The van der Waals surface area contributed by atoms with Crippen molar-refractivity contribution in [3.63, 3.8) is 0 Å². The van der Waals surface area contributed by atoms with Gasteiger partial charge in [0.05, 0.1) is 13.2 Å². The van der Waals surface area contributed by atoms with Crippen LogP contribution in [-0.2, 0) is 10.2 Å². The summed E-state index contributed by atoms with van der Waals surface area (Å²) >= 11 is 0. The van der Waals surface area contributed by atoms with Crippen LogP contribution in [0.2, 0.25) is 0 Å². The maximum Gasteiger partial charge on any atom is 0.254 e. The van der Waals surface area contributed by atoms with Gasteiger partial charge in [-0.2, -0.15) is 0 Å². The number of rotatable bonds is 1. The molecule has 1 aromatic rings. The number of hydrogen-bond acceptors (Lipinski definition) is 2. The maximum atomic E-state index is 12.4. The Bertz CT molecular complexity index is 468. The Balaban J connectivity index is 2.22. The maximum absolute atomic E-state index is 12.4. The van der Waals surface area contributed by atoms with Crippen LogP contribution in [0, 0.1) is 6.92 Å². The highest BCUT2D eigenvalue weighted by Gasteiger charge is 2.21. The lowest BCUT2D eigenvalue weighted by molar-refractivity contribution is 0.0303. The monoisotopic (exact) mass is 261 g/mol. The van der Waals surface area contributed by atoms with Gasteiger partial charge in [-0.05, 0) is 35.6 Å². The standard InChI is InChI=1S/C16H23NO2/c1-12-11-13(5-6-14(12)16(2,3)4)15(18)17-7-9-19-10-8-17/h5-6,11H,7-10H2,1-4H3. The van der Waals surface area contributed by atoms with E-state index in [0.29, 0.717) is 26.3 Å². The van der Waals surface area contributed by atoms with Gasteiger partial charge in [-0.1, -0.05) is 26.8 Å². The van der Waals surface area contributed by atoms with Gasteiger partial charge in [-0.3, -0.25) is 4.79 Å². The lowest BCUT2D eigenvalue weighted by Crippen LogP contribution is -2.40. The minimum Gasteiger partial charge on any atom is -0.378 e. The van der Waals surface area contributed by atoms with Crippen LogP contribution in [0.5, 0.6) is 0 Å². The third-order valence-corrected chi connectivity index (χ3v) is 3.58. The summed E-state index contributed by atoms with van der Waals surface area (Å²) in [5, 5.41) is 0. The van der Waals surface area contributed by atoms with Gasteiger partial charge in [-0.15, -0.1) is 0 Å². The lowest BCUT2D eigenvalue weighted by atomic mass is 9.83. The second kappa shape index (κ2) is 5.33. The normalized spacial score (nSPS) is 16.5. The highest BCUT2D eigenvalue weighted by Crippen LogP contribution is 2.26. The summed E-state index contributed by atoms with van der Waals surface area (Å²) in [6, 6.07) is 6.05. The number of hydrogen-bond donors (Lipinski definition) is 0. The van der Waals surface area contributed by atoms with Crippen molar-refractivity contribution >= 4 is 5.91 Å². The average molecular weight is 261 g/mol. The van der Waals surface area contributed by atoms with Crippen molar-refractivity contribution in [2.45, 2.75) is 33.1 Å². The smallest absolute Gasteiger partial charge is 0.254 e. The van der Waals surface area contributed by atoms with Crippen molar-refractivity contribution in [2.24, 2.45) is 0 Å². The second-order valence-electron chi connectivity index (χ2n) is 6.18. The number of nitrogens with zero attached hydrogens (tertiary/aromatic N) is 1. The quantitative estimate of drug-likeness (QED) is 0.778. The predicted molar refractivity (Wildman–Crippen MR) is 76.6 cm³/mol. The molecule has 1 heterocycles. The fourth-order valence-corrected chi connectivity index (χ4v) is 2.59. The minimum absolute atomic E-state index is 0.116. The number of morpholine rings is 1. The highest BCUT2D eigenvalue weighted by atomic mass is 16.5. The number of carbonyl (C=O) groups excluding carboxylic acids is 1. The van der Waals surface area contributed by atoms with Crippen molar-refractivity contribution in [3.05, 3.63) is 34.9 Å². The molecule has 104 valence electrons. The Labute approximate surface area is 115 Å². The lowest BCUT2D eigenvalue weighted by Gasteiger charge is -2.27. The Morgan fingerprint density at radius 1 is 1.21 bits per heavy atom. The Morgan fingerprint density at radius 2 is 1.84 bits per heavy atom. The zero-order chi connectivity index (χ0) is 14.0. The van der Waals surface area contributed by atoms with E-state index in [2.05, 4.69) is 33.8 Å². The molecule has 0 atom stereocenters. The van der Waals surface area contributed by atoms with Crippen LogP contribution in [0.3, 0.4) is 0 Å². The number of carbonyl (C=O) groups is 1. The van der Waals surface area contributed by atoms with E-state index in [4.69, 9.17) is 4.74 Å². The van der Waals surface area contributed by atoms with Gasteiger partial charge < -0.3 is 9.64 Å². The van der Waals surface area contributed by atoms with E-state index in [0.717, 1.165) is 5.56 Å². The first kappa shape index (κ1) is 14.1. The van der Waals surface area contributed by atoms with Gasteiger partial charge >= 0.3 is 0 Å². The van der Waals surface area contributed by atoms with Crippen molar-refractivity contribution in [1.29, 1.82) is 0 Å². The van der Waals surface area contributed by atoms with Crippen LogP contribution >= 0.6 is 0 Å². The number of ether oxygens (including phenoxy) is 1. The molecule has 0 N–H and O–H groups in total. The van der Waals surface area contributed by atoms with E-state index in [9.17, 15) is 4.79 Å². The molecule has 0 saturated carbocycles. The first-order chi connectivity index (χ1) is 8.89. The second-order valence-corrected chi connectivity index (χ2v) is 6.18. The van der Waals surface area contributed by atoms with Crippen molar-refractivity contribution in [3.8, 4) is 0 Å². The van der Waals surface area contributed by atoms with E-state index in [1.54, 1.807) is 0 Å². The molecule has 1 aliphatic rings. The van der Waals surface area contributed by atoms with Crippen molar-refractivity contribution in [2.75, 3.05) is 26.3 Å². The molecule has 0 aliphatic carbocycles. The number of benzene rings is 1. The summed E-state index contributed by atoms with van der Waals surface area (Å²) in [6.07, 6.45) is 0. The minimum atomic E-state index is 0.116. The molecule has 0 radical (unpaired) electrons. The van der Waals surface area contributed by atoms with Crippen LogP contribution in [0.1, 0.15) is 42.3 Å². The molecular formula is C16H23NO2. The molecule has 1 aliphatic heterocycles. The average Bonchev–Trinajstić information content (AvgIpc) is 2.37. The molecule has 0 aromatic heterocycles. The molecule has 1 fully saturated rings. The van der Waals surface area contributed by atoms with Gasteiger partial charge in [0.15, 0.2) is 0 Å². The topological polar surface area (TPSA) is 29.5 Å². The summed E-state index contributed by atoms with van der Waals surface area (Å²) in [5.41, 5.74) is 3.38. The molecule has 0 spiro atoms. The largest absolute Gasteiger partial charge is 0.378 e. The van der Waals surface area contributed by atoms with E-state index in [1.807, 2.05) is 17.0 Å². The molecule has 0 unspecified atom stereocenters. The summed E-state index contributed by atoms with van der Waals surface area (Å²) < 4.78 is 5.28. The summed E-state index contributed by atoms with van der Waals surface area (Å²) in [6.45, 7) is 11.3. The number of amides is 1. The third kappa shape index (κ3) is 3.16. The molecule has 1 aromatic carbocycles. The van der Waals surface area contributed by atoms with E-state index < -0.39 is 0 Å². The van der Waals surface area contributed by atoms with Crippen LogP contribution in [0.4, 0.5) is 0 Å². The highest BCUT2D eigenvalue weighted by molar-refractivity contribution is 5.94. The summed E-state index contributed by atoms with van der Waals surface area (Å²) in [7, 11) is 0. The van der Waals surface area contributed by atoms with Crippen LogP contribution in [-0.4, -0.2) is 37.1 Å². The third-order valence-electron chi connectivity index (χ3n) is 3.58. The van der Waals surface area contributed by atoms with Gasteiger partial charge in [0, 0.05) is 18.7 Å². The molecule has 2 rings (SSSR count). The van der Waals surface area contributed by atoms with Crippen LogP contribution in [0.15, 0.2) is 18.2 Å². The Morgan fingerprint density at radius 3 is 2.37 bits per heavy atom. The van der Waals surface area contributed by atoms with E-state index in [1.165, 1.54) is 11.1 Å². The zero-order valence-electron chi connectivity index (χ0n) is 12.3. The molecule has 19 heavy (non-hydrogen) atoms. The van der Waals surface area contributed by atoms with Gasteiger partial charge in [0.1, 0.15) is 0 Å². The molecule has 3 nitrogen and oxygen atoms in total. The molecule has 1 amide bonds. The van der Waals surface area contributed by atoms with Crippen LogP contribution < -0.4 is 0 Å². The van der Waals surface area contributed by atoms with Gasteiger partial charge in [-0.25, -0.2) is 0 Å². The predicted octanol–water partition coefficient (Wildman–Crippen LogP) is 2.76. The fraction of sp³-hybridized carbons (Fsp3) is 0.562. The first-order valence-electron chi connectivity index (χ1n) is 6.88. The van der Waals surface area contributed by atoms with Crippen molar-refractivity contribution < 1.29 is 9.53 Å². The number of aryl methyl sites for hydroxylation is 1. The summed E-state index contributed by atoms with van der Waals surface area (Å²) in [4.78, 5) is 14.3. The Kier molecular flexibility index (Phi) is 3.95. The van der Waals surface area contributed by atoms with E-state index >= 15 is 0 Å². The molecule has 0 bridgehead atoms. The zero-order valence-corrected chi connectivity index (χ0v) is 12.3. The SMILES string of the molecule is Cc1cc(C(=O)N2CCOCC2)ccc1C(C)(C)C.